The molecule has 2 aliphatic rings. The molecule has 132 valence electrons. The second kappa shape index (κ2) is 6.26. The minimum atomic E-state index is -0.0817. The van der Waals surface area contributed by atoms with Crippen molar-refractivity contribution >= 4 is 16.8 Å². The number of likely N-dealkylation sites (tertiary alicyclic amines) is 1. The van der Waals surface area contributed by atoms with E-state index in [0.717, 1.165) is 37.0 Å². The van der Waals surface area contributed by atoms with E-state index in [1.54, 1.807) is 17.0 Å². The van der Waals surface area contributed by atoms with Crippen LogP contribution in [0.4, 0.5) is 0 Å². The standard InChI is InChI=1S/C19H24N4O2/c1-12-3-2-4-14-18(12)21-11-22(19(14)25)8-7-17(24)23-9-13-5-6-16(20)15(13)10-23/h2-4,11,13,15-16H,5-10,20H2,1H3. The zero-order chi connectivity index (χ0) is 17.6. The van der Waals surface area contributed by atoms with Crippen LogP contribution in [0.3, 0.4) is 0 Å². The number of aromatic nitrogens is 2. The van der Waals surface area contributed by atoms with Crippen LogP contribution in [0, 0.1) is 18.8 Å². The molecule has 2 N–H and O–H groups in total. The summed E-state index contributed by atoms with van der Waals surface area (Å²) in [6, 6.07) is 5.83. The van der Waals surface area contributed by atoms with Gasteiger partial charge in [0.2, 0.25) is 5.91 Å². The van der Waals surface area contributed by atoms with E-state index in [1.807, 2.05) is 24.0 Å². The fourth-order valence-corrected chi connectivity index (χ4v) is 4.38. The van der Waals surface area contributed by atoms with Crippen LogP contribution in [-0.2, 0) is 11.3 Å². The summed E-state index contributed by atoms with van der Waals surface area (Å²) in [5.74, 6) is 1.13. The molecule has 1 aliphatic heterocycles. The van der Waals surface area contributed by atoms with Crippen molar-refractivity contribution in [1.82, 2.24) is 14.5 Å². The predicted molar refractivity (Wildman–Crippen MR) is 96.1 cm³/mol. The molecule has 6 nitrogen and oxygen atoms in total. The second-order valence-corrected chi connectivity index (χ2v) is 7.43. The van der Waals surface area contributed by atoms with Gasteiger partial charge in [0, 0.05) is 32.1 Å². The van der Waals surface area contributed by atoms with Crippen LogP contribution in [0.25, 0.3) is 10.9 Å². The van der Waals surface area contributed by atoms with Gasteiger partial charge >= 0.3 is 0 Å². The number of hydrogen-bond donors (Lipinski definition) is 1. The van der Waals surface area contributed by atoms with Crippen LogP contribution in [0.2, 0.25) is 0 Å². The number of nitrogens with two attached hydrogens (primary N) is 1. The van der Waals surface area contributed by atoms with E-state index in [0.29, 0.717) is 30.2 Å². The monoisotopic (exact) mass is 340 g/mol. The molecule has 0 bridgehead atoms. The SMILES string of the molecule is Cc1cccc2c(=O)n(CCC(=O)N3CC4CCC(N)C4C3)cnc12. The fraction of sp³-hybridized carbons (Fsp3) is 0.526. The van der Waals surface area contributed by atoms with E-state index in [2.05, 4.69) is 4.98 Å². The Balaban J connectivity index is 1.45. The first-order chi connectivity index (χ1) is 12.0. The highest BCUT2D eigenvalue weighted by atomic mass is 16.2. The maximum absolute atomic E-state index is 12.6. The molecule has 1 aromatic carbocycles. The number of benzene rings is 1. The number of amides is 1. The Labute approximate surface area is 146 Å². The van der Waals surface area contributed by atoms with Crippen LogP contribution in [0.15, 0.2) is 29.3 Å². The highest BCUT2D eigenvalue weighted by Gasteiger charge is 2.42. The molecule has 4 rings (SSSR count). The molecule has 25 heavy (non-hydrogen) atoms. The van der Waals surface area contributed by atoms with Crippen LogP contribution < -0.4 is 11.3 Å². The van der Waals surface area contributed by atoms with E-state index < -0.39 is 0 Å². The van der Waals surface area contributed by atoms with Gasteiger partial charge in [-0.2, -0.15) is 0 Å². The molecule has 1 aliphatic carbocycles. The lowest BCUT2D eigenvalue weighted by atomic mass is 9.98. The number of hydrogen-bond acceptors (Lipinski definition) is 4. The molecule has 1 aromatic heterocycles. The van der Waals surface area contributed by atoms with Crippen molar-refractivity contribution in [2.45, 2.75) is 38.8 Å². The van der Waals surface area contributed by atoms with Crippen molar-refractivity contribution < 1.29 is 4.79 Å². The first-order valence-electron chi connectivity index (χ1n) is 9.02. The molecule has 0 spiro atoms. The summed E-state index contributed by atoms with van der Waals surface area (Å²) >= 11 is 0. The smallest absolute Gasteiger partial charge is 0.261 e. The van der Waals surface area contributed by atoms with Gasteiger partial charge in [-0.05, 0) is 43.2 Å². The Morgan fingerprint density at radius 3 is 2.96 bits per heavy atom. The van der Waals surface area contributed by atoms with Crippen molar-refractivity contribution in [2.24, 2.45) is 17.6 Å². The van der Waals surface area contributed by atoms with Crippen molar-refractivity contribution in [2.75, 3.05) is 13.1 Å². The third-order valence-electron chi connectivity index (χ3n) is 5.89. The number of nitrogens with zero attached hydrogens (tertiary/aromatic N) is 3. The Morgan fingerprint density at radius 1 is 1.32 bits per heavy atom. The summed E-state index contributed by atoms with van der Waals surface area (Å²) in [5.41, 5.74) is 7.78. The minimum absolute atomic E-state index is 0.0817. The molecular formula is C19H24N4O2. The van der Waals surface area contributed by atoms with E-state index in [-0.39, 0.29) is 17.5 Å². The summed E-state index contributed by atoms with van der Waals surface area (Å²) in [6.07, 6.45) is 4.09. The van der Waals surface area contributed by atoms with Gasteiger partial charge in [-0.25, -0.2) is 4.98 Å². The van der Waals surface area contributed by atoms with Crippen LogP contribution in [0.5, 0.6) is 0 Å². The quantitative estimate of drug-likeness (QED) is 0.913. The summed E-state index contributed by atoms with van der Waals surface area (Å²) in [6.45, 7) is 3.90. The highest BCUT2D eigenvalue weighted by molar-refractivity contribution is 5.80. The van der Waals surface area contributed by atoms with Crippen molar-refractivity contribution in [3.63, 3.8) is 0 Å². The lowest BCUT2D eigenvalue weighted by Crippen LogP contribution is -2.34. The molecule has 1 saturated carbocycles. The average Bonchev–Trinajstić information content (AvgIpc) is 3.17. The highest BCUT2D eigenvalue weighted by Crippen LogP contribution is 2.37. The molecule has 2 aromatic rings. The van der Waals surface area contributed by atoms with Crippen molar-refractivity contribution in [1.29, 1.82) is 0 Å². The van der Waals surface area contributed by atoms with Crippen LogP contribution in [0.1, 0.15) is 24.8 Å². The number of carbonyl (C=O) groups is 1. The largest absolute Gasteiger partial charge is 0.342 e. The zero-order valence-corrected chi connectivity index (χ0v) is 14.5. The molecular weight excluding hydrogens is 316 g/mol. The van der Waals surface area contributed by atoms with Crippen LogP contribution in [-0.4, -0.2) is 39.5 Å². The molecule has 2 heterocycles. The van der Waals surface area contributed by atoms with E-state index in [1.165, 1.54) is 0 Å². The van der Waals surface area contributed by atoms with E-state index in [9.17, 15) is 9.59 Å². The first kappa shape index (κ1) is 16.3. The Morgan fingerprint density at radius 2 is 2.16 bits per heavy atom. The van der Waals surface area contributed by atoms with Gasteiger partial charge in [0.15, 0.2) is 0 Å². The molecule has 6 heteroatoms. The predicted octanol–water partition coefficient (Wildman–Crippen LogP) is 1.29. The van der Waals surface area contributed by atoms with Gasteiger partial charge in [0.25, 0.3) is 5.56 Å². The lowest BCUT2D eigenvalue weighted by Gasteiger charge is -2.19. The summed E-state index contributed by atoms with van der Waals surface area (Å²) < 4.78 is 1.54. The van der Waals surface area contributed by atoms with Gasteiger partial charge in [0.05, 0.1) is 17.2 Å². The van der Waals surface area contributed by atoms with Crippen molar-refractivity contribution in [3.05, 3.63) is 40.4 Å². The Bertz CT molecular complexity index is 875. The Kier molecular flexibility index (Phi) is 4.07. The fourth-order valence-electron chi connectivity index (χ4n) is 4.38. The molecule has 3 atom stereocenters. The van der Waals surface area contributed by atoms with E-state index >= 15 is 0 Å². The second-order valence-electron chi connectivity index (χ2n) is 7.43. The number of aryl methyl sites for hydroxylation is 2. The summed E-state index contributed by atoms with van der Waals surface area (Å²) in [5, 5.41) is 0.608. The maximum Gasteiger partial charge on any atom is 0.261 e. The number of rotatable bonds is 3. The number of para-hydroxylation sites is 1. The topological polar surface area (TPSA) is 81.2 Å². The summed E-state index contributed by atoms with van der Waals surface area (Å²) in [4.78, 5) is 31.5. The van der Waals surface area contributed by atoms with Gasteiger partial charge in [-0.1, -0.05) is 12.1 Å². The molecule has 0 radical (unpaired) electrons. The van der Waals surface area contributed by atoms with Crippen molar-refractivity contribution in [3.8, 4) is 0 Å². The zero-order valence-electron chi connectivity index (χ0n) is 14.5. The van der Waals surface area contributed by atoms with Gasteiger partial charge in [-0.3, -0.25) is 14.2 Å². The third kappa shape index (κ3) is 2.84. The van der Waals surface area contributed by atoms with E-state index in [4.69, 9.17) is 5.73 Å². The van der Waals surface area contributed by atoms with Gasteiger partial charge < -0.3 is 10.6 Å². The summed E-state index contributed by atoms with van der Waals surface area (Å²) in [7, 11) is 0. The molecule has 3 unspecified atom stereocenters. The third-order valence-corrected chi connectivity index (χ3v) is 5.89. The number of fused-ring (bicyclic) bond motifs is 2. The molecule has 1 saturated heterocycles. The molecule has 1 amide bonds. The van der Waals surface area contributed by atoms with Crippen LogP contribution >= 0.6 is 0 Å². The molecule has 2 fully saturated rings. The number of carbonyl (C=O) groups excluding carboxylic acids is 1. The Hall–Kier alpha value is -2.21. The van der Waals surface area contributed by atoms with Gasteiger partial charge in [0.1, 0.15) is 0 Å². The normalized spacial score (nSPS) is 25.5. The average molecular weight is 340 g/mol. The maximum atomic E-state index is 12.6. The van der Waals surface area contributed by atoms with Gasteiger partial charge in [-0.15, -0.1) is 0 Å². The minimum Gasteiger partial charge on any atom is -0.342 e. The lowest BCUT2D eigenvalue weighted by molar-refractivity contribution is -0.130. The first-order valence-corrected chi connectivity index (χ1v) is 9.02.